The molecule has 1 saturated heterocycles. The molecule has 4 heteroatoms. The summed E-state index contributed by atoms with van der Waals surface area (Å²) in [6.45, 7) is 1.57. The van der Waals surface area contributed by atoms with Crippen LogP contribution < -0.4 is 5.73 Å². The van der Waals surface area contributed by atoms with E-state index in [0.29, 0.717) is 19.6 Å². The summed E-state index contributed by atoms with van der Waals surface area (Å²) in [5.74, 6) is 0. The first-order valence-corrected chi connectivity index (χ1v) is 4.99. The number of hydrogen-bond acceptors (Lipinski definition) is 3. The summed E-state index contributed by atoms with van der Waals surface area (Å²) in [6, 6.07) is 9.84. The second kappa shape index (κ2) is 4.31. The summed E-state index contributed by atoms with van der Waals surface area (Å²) in [7, 11) is 0. The Bertz CT molecular complexity index is 340. The monoisotopic (exact) mass is 206 g/mol. The zero-order valence-electron chi connectivity index (χ0n) is 8.43. The predicted octanol–water partition coefficient (Wildman–Crippen LogP) is 0.966. The van der Waals surface area contributed by atoms with Gasteiger partial charge < -0.3 is 15.4 Å². The lowest BCUT2D eigenvalue weighted by atomic mass is 10.2. The highest BCUT2D eigenvalue weighted by atomic mass is 16.6. The predicted molar refractivity (Wildman–Crippen MR) is 56.2 cm³/mol. The first-order valence-electron chi connectivity index (χ1n) is 4.99. The Balaban J connectivity index is 1.99. The van der Waals surface area contributed by atoms with Crippen LogP contribution in [0.2, 0.25) is 0 Å². The van der Waals surface area contributed by atoms with Gasteiger partial charge in [0.2, 0.25) is 0 Å². The molecule has 1 aliphatic rings. The topological polar surface area (TPSA) is 55.6 Å². The molecule has 1 amide bonds. The first kappa shape index (κ1) is 9.98. The fraction of sp³-hybridized carbons (Fsp3) is 0.364. The number of carbonyl (C=O) groups excluding carboxylic acids is 1. The molecule has 2 rings (SSSR count). The van der Waals surface area contributed by atoms with Gasteiger partial charge in [-0.2, -0.15) is 0 Å². The molecule has 0 spiro atoms. The third-order valence-electron chi connectivity index (χ3n) is 2.43. The van der Waals surface area contributed by atoms with Crippen LogP contribution in [-0.4, -0.2) is 30.2 Å². The van der Waals surface area contributed by atoms with Crippen molar-refractivity contribution in [2.45, 2.75) is 12.6 Å². The molecule has 1 fully saturated rings. The molecule has 0 aliphatic carbocycles. The van der Waals surface area contributed by atoms with Crippen molar-refractivity contribution >= 4 is 6.09 Å². The van der Waals surface area contributed by atoms with Crippen molar-refractivity contribution in [3.05, 3.63) is 35.9 Å². The smallest absolute Gasteiger partial charge is 0.410 e. The molecule has 4 nitrogen and oxygen atoms in total. The zero-order valence-corrected chi connectivity index (χ0v) is 8.43. The molecular weight excluding hydrogens is 192 g/mol. The van der Waals surface area contributed by atoms with Gasteiger partial charge in [-0.15, -0.1) is 0 Å². The van der Waals surface area contributed by atoms with Crippen LogP contribution in [0.4, 0.5) is 4.79 Å². The third kappa shape index (κ3) is 2.27. The van der Waals surface area contributed by atoms with Crippen LogP contribution in [0, 0.1) is 0 Å². The largest absolute Gasteiger partial charge is 0.443 e. The van der Waals surface area contributed by atoms with Gasteiger partial charge in [0.05, 0.1) is 6.54 Å². The minimum absolute atomic E-state index is 0.152. The van der Waals surface area contributed by atoms with Crippen LogP contribution in [0.25, 0.3) is 0 Å². The molecule has 1 aromatic rings. The van der Waals surface area contributed by atoms with Crippen LogP contribution in [-0.2, 0) is 11.3 Å². The lowest BCUT2D eigenvalue weighted by Crippen LogP contribution is -2.27. The quantitative estimate of drug-likeness (QED) is 0.801. The van der Waals surface area contributed by atoms with Gasteiger partial charge >= 0.3 is 6.09 Å². The second-order valence-corrected chi connectivity index (χ2v) is 3.61. The molecule has 0 aromatic heterocycles. The fourth-order valence-electron chi connectivity index (χ4n) is 1.63. The third-order valence-corrected chi connectivity index (χ3v) is 2.43. The van der Waals surface area contributed by atoms with Crippen molar-refractivity contribution < 1.29 is 9.53 Å². The Morgan fingerprint density at radius 3 is 2.73 bits per heavy atom. The average Bonchev–Trinajstić information content (AvgIpc) is 2.61. The maximum absolute atomic E-state index is 11.4. The number of rotatable bonds is 3. The Labute approximate surface area is 88.6 Å². The van der Waals surface area contributed by atoms with E-state index in [1.807, 2.05) is 30.3 Å². The minimum Gasteiger partial charge on any atom is -0.443 e. The maximum atomic E-state index is 11.4. The molecule has 1 aliphatic heterocycles. The molecule has 0 unspecified atom stereocenters. The van der Waals surface area contributed by atoms with Crippen LogP contribution in [0.3, 0.4) is 0 Å². The summed E-state index contributed by atoms with van der Waals surface area (Å²) < 4.78 is 5.06. The molecule has 1 atom stereocenters. The fourth-order valence-corrected chi connectivity index (χ4v) is 1.63. The Morgan fingerprint density at radius 2 is 2.13 bits per heavy atom. The van der Waals surface area contributed by atoms with Gasteiger partial charge in [-0.05, 0) is 5.56 Å². The number of hydrogen-bond donors (Lipinski definition) is 1. The van der Waals surface area contributed by atoms with Crippen LogP contribution in [0.15, 0.2) is 30.3 Å². The Morgan fingerprint density at radius 1 is 1.40 bits per heavy atom. The zero-order chi connectivity index (χ0) is 10.7. The molecule has 0 radical (unpaired) electrons. The highest BCUT2D eigenvalue weighted by Crippen LogP contribution is 2.14. The minimum atomic E-state index is -0.269. The van der Waals surface area contributed by atoms with Gasteiger partial charge in [-0.3, -0.25) is 0 Å². The van der Waals surface area contributed by atoms with Gasteiger partial charge in [0.25, 0.3) is 0 Å². The van der Waals surface area contributed by atoms with Crippen LogP contribution >= 0.6 is 0 Å². The van der Waals surface area contributed by atoms with Crippen molar-refractivity contribution in [2.75, 3.05) is 13.1 Å². The van der Waals surface area contributed by atoms with Gasteiger partial charge in [-0.1, -0.05) is 30.3 Å². The molecule has 0 saturated carbocycles. The van der Waals surface area contributed by atoms with E-state index in [-0.39, 0.29) is 12.2 Å². The molecule has 2 N–H and O–H groups in total. The molecule has 1 heterocycles. The number of ether oxygens (including phenoxy) is 1. The number of benzene rings is 1. The van der Waals surface area contributed by atoms with Crippen molar-refractivity contribution in [2.24, 2.45) is 5.73 Å². The average molecular weight is 206 g/mol. The van der Waals surface area contributed by atoms with E-state index >= 15 is 0 Å². The molecule has 0 bridgehead atoms. The number of nitrogens with zero attached hydrogens (tertiary/aromatic N) is 1. The SMILES string of the molecule is NC[C@H]1CN(Cc2ccccc2)C(=O)O1. The van der Waals surface area contributed by atoms with Gasteiger partial charge in [0.15, 0.2) is 0 Å². The van der Waals surface area contributed by atoms with Gasteiger partial charge in [-0.25, -0.2) is 4.79 Å². The number of cyclic esters (lactones) is 1. The Hall–Kier alpha value is -1.55. The number of amides is 1. The Kier molecular flexibility index (Phi) is 2.87. The van der Waals surface area contributed by atoms with Crippen molar-refractivity contribution in [1.82, 2.24) is 4.90 Å². The van der Waals surface area contributed by atoms with E-state index in [2.05, 4.69) is 0 Å². The lowest BCUT2D eigenvalue weighted by Gasteiger charge is -2.12. The van der Waals surface area contributed by atoms with E-state index in [1.54, 1.807) is 4.90 Å². The van der Waals surface area contributed by atoms with E-state index in [9.17, 15) is 4.79 Å². The van der Waals surface area contributed by atoms with Crippen LogP contribution in [0.1, 0.15) is 5.56 Å². The molecular formula is C11H14N2O2. The molecule has 1 aromatic carbocycles. The summed E-state index contributed by atoms with van der Waals surface area (Å²) in [5.41, 5.74) is 6.55. The van der Waals surface area contributed by atoms with Gasteiger partial charge in [0, 0.05) is 13.1 Å². The summed E-state index contributed by atoms with van der Waals surface area (Å²) in [6.07, 6.45) is -0.421. The summed E-state index contributed by atoms with van der Waals surface area (Å²) >= 11 is 0. The van der Waals surface area contributed by atoms with Crippen molar-refractivity contribution in [1.29, 1.82) is 0 Å². The van der Waals surface area contributed by atoms with E-state index in [0.717, 1.165) is 5.56 Å². The van der Waals surface area contributed by atoms with Gasteiger partial charge in [0.1, 0.15) is 6.10 Å². The van der Waals surface area contributed by atoms with E-state index in [4.69, 9.17) is 10.5 Å². The van der Waals surface area contributed by atoms with Crippen molar-refractivity contribution in [3.8, 4) is 0 Å². The normalized spacial score (nSPS) is 20.5. The number of carbonyl (C=O) groups is 1. The highest BCUT2D eigenvalue weighted by molar-refractivity contribution is 5.69. The standard InChI is InChI=1S/C11H14N2O2/c12-6-10-8-13(11(14)15-10)7-9-4-2-1-3-5-9/h1-5,10H,6-8,12H2/t10-/m0/s1. The number of nitrogens with two attached hydrogens (primary N) is 1. The summed E-state index contributed by atoms with van der Waals surface area (Å²) in [5, 5.41) is 0. The van der Waals surface area contributed by atoms with E-state index < -0.39 is 0 Å². The molecule has 80 valence electrons. The highest BCUT2D eigenvalue weighted by Gasteiger charge is 2.29. The summed E-state index contributed by atoms with van der Waals surface area (Å²) in [4.78, 5) is 13.1. The lowest BCUT2D eigenvalue weighted by molar-refractivity contribution is 0.134. The maximum Gasteiger partial charge on any atom is 0.410 e. The van der Waals surface area contributed by atoms with E-state index in [1.165, 1.54) is 0 Å². The molecule has 15 heavy (non-hydrogen) atoms. The first-order chi connectivity index (χ1) is 7.29. The van der Waals surface area contributed by atoms with Crippen LogP contribution in [0.5, 0.6) is 0 Å². The van der Waals surface area contributed by atoms with Crippen molar-refractivity contribution in [3.63, 3.8) is 0 Å². The second-order valence-electron chi connectivity index (χ2n) is 3.61.